The van der Waals surface area contributed by atoms with Crippen molar-refractivity contribution in [2.45, 2.75) is 123 Å². The highest BCUT2D eigenvalue weighted by atomic mass is 16.2. The first kappa shape index (κ1) is 32.8. The number of carbonyl (C=O) groups excluding carboxylic acids is 3. The molecule has 6 rings (SSSR count). The van der Waals surface area contributed by atoms with Crippen molar-refractivity contribution in [2.75, 3.05) is 11.9 Å². The Bertz CT molecular complexity index is 1440. The molecule has 2 aromatic rings. The highest BCUT2D eigenvalue weighted by molar-refractivity contribution is 6.01. The molecule has 4 fully saturated rings. The van der Waals surface area contributed by atoms with E-state index in [0.717, 1.165) is 76.3 Å². The second-order valence-corrected chi connectivity index (χ2v) is 16.7. The molecule has 250 valence electrons. The molecule has 2 atom stereocenters. The number of amides is 3. The van der Waals surface area contributed by atoms with Crippen molar-refractivity contribution in [1.29, 1.82) is 0 Å². The first-order valence-electron chi connectivity index (χ1n) is 17.8. The standard InChI is InChI=1S/C38H55N5O3/c1-35(2)19-12-26(13-20-35)30(37(4)21-22-37)31(42-32(44)29-14-23-40-43(29)5)33(45)41-28-11-8-10-27(24-28)38(17-6-7-18-38)34(46)39-25-36(3)15-9-16-36/h8,10-11,14,23-24,26,30-31H,6-7,9,12-13,15-22,25H2,1-5H3,(H,39,46)(H,41,45)(H,42,44)/t30?,31-/m0/s1. The molecule has 0 radical (unpaired) electrons. The predicted octanol–water partition coefficient (Wildman–Crippen LogP) is 6.91. The molecule has 46 heavy (non-hydrogen) atoms. The van der Waals surface area contributed by atoms with E-state index >= 15 is 0 Å². The summed E-state index contributed by atoms with van der Waals surface area (Å²) < 4.78 is 1.56. The molecule has 3 N–H and O–H groups in total. The maximum atomic E-state index is 14.5. The van der Waals surface area contributed by atoms with E-state index in [-0.39, 0.29) is 34.5 Å². The summed E-state index contributed by atoms with van der Waals surface area (Å²) in [6.45, 7) is 9.95. The van der Waals surface area contributed by atoms with Gasteiger partial charge in [0.15, 0.2) is 0 Å². The second-order valence-electron chi connectivity index (χ2n) is 16.7. The van der Waals surface area contributed by atoms with Crippen LogP contribution in [0.3, 0.4) is 0 Å². The van der Waals surface area contributed by atoms with E-state index in [1.165, 1.54) is 19.3 Å². The molecule has 0 aliphatic heterocycles. The van der Waals surface area contributed by atoms with Gasteiger partial charge >= 0.3 is 0 Å². The van der Waals surface area contributed by atoms with Gasteiger partial charge in [0.05, 0.1) is 5.41 Å². The summed E-state index contributed by atoms with van der Waals surface area (Å²) in [6, 6.07) is 8.93. The van der Waals surface area contributed by atoms with Gasteiger partial charge in [0.1, 0.15) is 11.7 Å². The van der Waals surface area contributed by atoms with Gasteiger partial charge in [-0.15, -0.1) is 0 Å². The molecule has 1 aromatic heterocycles. The van der Waals surface area contributed by atoms with Gasteiger partial charge in [0, 0.05) is 25.5 Å². The van der Waals surface area contributed by atoms with E-state index in [0.29, 0.717) is 22.7 Å². The molecule has 4 aliphatic rings. The zero-order valence-corrected chi connectivity index (χ0v) is 28.7. The minimum Gasteiger partial charge on any atom is -0.355 e. The van der Waals surface area contributed by atoms with Crippen molar-refractivity contribution in [3.63, 3.8) is 0 Å². The zero-order chi connectivity index (χ0) is 32.7. The van der Waals surface area contributed by atoms with Crippen LogP contribution in [-0.2, 0) is 22.1 Å². The Kier molecular flexibility index (Phi) is 8.88. The quantitative estimate of drug-likeness (QED) is 0.251. The normalized spacial score (nSPS) is 23.8. The molecule has 0 spiro atoms. The smallest absolute Gasteiger partial charge is 0.270 e. The molecule has 4 saturated carbocycles. The molecule has 0 saturated heterocycles. The van der Waals surface area contributed by atoms with E-state index in [2.05, 4.69) is 48.7 Å². The average Bonchev–Trinajstić information content (AvgIpc) is 3.36. The Morgan fingerprint density at radius 2 is 1.61 bits per heavy atom. The van der Waals surface area contributed by atoms with Crippen molar-refractivity contribution in [2.24, 2.45) is 35.1 Å². The average molecular weight is 630 g/mol. The van der Waals surface area contributed by atoms with Crippen LogP contribution in [0.2, 0.25) is 0 Å². The minimum atomic E-state index is -0.684. The first-order valence-corrected chi connectivity index (χ1v) is 17.8. The van der Waals surface area contributed by atoms with Gasteiger partial charge in [-0.3, -0.25) is 19.1 Å². The predicted molar refractivity (Wildman–Crippen MR) is 181 cm³/mol. The summed E-state index contributed by atoms with van der Waals surface area (Å²) in [7, 11) is 1.75. The highest BCUT2D eigenvalue weighted by Crippen LogP contribution is 2.58. The Morgan fingerprint density at radius 3 is 2.20 bits per heavy atom. The van der Waals surface area contributed by atoms with Crippen molar-refractivity contribution in [3.05, 3.63) is 47.8 Å². The van der Waals surface area contributed by atoms with E-state index in [1.807, 2.05) is 24.3 Å². The zero-order valence-electron chi connectivity index (χ0n) is 28.7. The van der Waals surface area contributed by atoms with Crippen LogP contribution in [0.15, 0.2) is 36.5 Å². The van der Waals surface area contributed by atoms with Crippen LogP contribution in [0, 0.1) is 28.1 Å². The van der Waals surface area contributed by atoms with Crippen LogP contribution >= 0.6 is 0 Å². The summed E-state index contributed by atoms with van der Waals surface area (Å²) in [5.74, 6) is 0.0468. The minimum absolute atomic E-state index is 0.0127. The second kappa shape index (κ2) is 12.5. The largest absolute Gasteiger partial charge is 0.355 e. The number of carbonyl (C=O) groups is 3. The van der Waals surface area contributed by atoms with Crippen LogP contribution in [0.4, 0.5) is 5.69 Å². The van der Waals surface area contributed by atoms with Gasteiger partial charge < -0.3 is 16.0 Å². The number of hydrogen-bond donors (Lipinski definition) is 3. The molecule has 0 bridgehead atoms. The van der Waals surface area contributed by atoms with E-state index in [1.54, 1.807) is 24.0 Å². The van der Waals surface area contributed by atoms with Gasteiger partial charge in [-0.25, -0.2) is 0 Å². The van der Waals surface area contributed by atoms with Crippen molar-refractivity contribution >= 4 is 23.4 Å². The lowest BCUT2D eigenvalue weighted by molar-refractivity contribution is -0.127. The van der Waals surface area contributed by atoms with Gasteiger partial charge in [-0.2, -0.15) is 5.10 Å². The van der Waals surface area contributed by atoms with Crippen LogP contribution in [0.25, 0.3) is 0 Å². The van der Waals surface area contributed by atoms with Crippen LogP contribution in [0.5, 0.6) is 0 Å². The number of hydrogen-bond acceptors (Lipinski definition) is 4. The molecule has 8 nitrogen and oxygen atoms in total. The van der Waals surface area contributed by atoms with Crippen LogP contribution in [0.1, 0.15) is 127 Å². The van der Waals surface area contributed by atoms with Gasteiger partial charge in [0.25, 0.3) is 5.91 Å². The lowest BCUT2D eigenvalue weighted by atomic mass is 9.64. The van der Waals surface area contributed by atoms with Gasteiger partial charge in [-0.05, 0) is 116 Å². The van der Waals surface area contributed by atoms with Crippen molar-refractivity contribution < 1.29 is 14.4 Å². The SMILES string of the molecule is Cn1nccc1C(=O)N[C@H](C(=O)Nc1cccc(C2(C(=O)NCC3(C)CCC3)CCCC2)c1)C(C1CCC(C)(C)CC1)C1(C)CC1. The van der Waals surface area contributed by atoms with Gasteiger partial charge in [-0.1, -0.05) is 59.1 Å². The Labute approximate surface area is 275 Å². The fourth-order valence-electron chi connectivity index (χ4n) is 8.85. The molecule has 1 unspecified atom stereocenters. The van der Waals surface area contributed by atoms with Gasteiger partial charge in [0.2, 0.25) is 11.8 Å². The van der Waals surface area contributed by atoms with Crippen molar-refractivity contribution in [1.82, 2.24) is 20.4 Å². The Morgan fingerprint density at radius 1 is 0.913 bits per heavy atom. The third-order valence-corrected chi connectivity index (χ3v) is 12.5. The third kappa shape index (κ3) is 6.64. The van der Waals surface area contributed by atoms with E-state index < -0.39 is 11.5 Å². The molecule has 3 amide bonds. The third-order valence-electron chi connectivity index (χ3n) is 12.5. The maximum absolute atomic E-state index is 14.5. The topological polar surface area (TPSA) is 105 Å². The number of anilines is 1. The van der Waals surface area contributed by atoms with E-state index in [4.69, 9.17) is 0 Å². The summed E-state index contributed by atoms with van der Waals surface area (Å²) >= 11 is 0. The maximum Gasteiger partial charge on any atom is 0.270 e. The number of aromatic nitrogens is 2. The highest BCUT2D eigenvalue weighted by Gasteiger charge is 2.54. The number of rotatable bonds is 11. The number of benzene rings is 1. The molecule has 1 heterocycles. The molecular formula is C38H55N5O3. The molecule has 1 aromatic carbocycles. The van der Waals surface area contributed by atoms with Crippen molar-refractivity contribution in [3.8, 4) is 0 Å². The summed E-state index contributed by atoms with van der Waals surface area (Å²) in [4.78, 5) is 41.9. The molecule has 4 aliphatic carbocycles. The molecule has 8 heteroatoms. The fraction of sp³-hybridized carbons (Fsp3) is 0.684. The lowest BCUT2D eigenvalue weighted by Crippen LogP contribution is -2.53. The van der Waals surface area contributed by atoms with Crippen LogP contribution in [-0.4, -0.2) is 40.1 Å². The summed E-state index contributed by atoms with van der Waals surface area (Å²) in [5.41, 5.74) is 2.04. The number of nitrogens with zero attached hydrogens (tertiary/aromatic N) is 2. The number of aryl methyl sites for hydroxylation is 1. The summed E-state index contributed by atoms with van der Waals surface area (Å²) in [5, 5.41) is 14.0. The summed E-state index contributed by atoms with van der Waals surface area (Å²) in [6.07, 6.45) is 15.3. The number of nitrogens with one attached hydrogen (secondary N) is 3. The Hall–Kier alpha value is -3.16. The fourth-order valence-corrected chi connectivity index (χ4v) is 8.85. The monoisotopic (exact) mass is 629 g/mol. The van der Waals surface area contributed by atoms with E-state index in [9.17, 15) is 14.4 Å². The lowest BCUT2D eigenvalue weighted by Gasteiger charge is -2.43. The van der Waals surface area contributed by atoms with Crippen LogP contribution < -0.4 is 16.0 Å². The molecular weight excluding hydrogens is 574 g/mol. The Balaban J connectivity index is 1.26. The first-order chi connectivity index (χ1) is 21.8.